The van der Waals surface area contributed by atoms with Crippen molar-refractivity contribution in [1.82, 2.24) is 9.21 Å². The van der Waals surface area contributed by atoms with Gasteiger partial charge in [-0.15, -0.1) is 0 Å². The van der Waals surface area contributed by atoms with Crippen molar-refractivity contribution in [1.29, 1.82) is 0 Å². The number of hydrogen-bond acceptors (Lipinski definition) is 5. The maximum absolute atomic E-state index is 12.3. The SMILES string of the molecule is COc1cc(CN(C)C(=O)CN(C)S(C)(=O)=O)ccc1OC(F)F. The van der Waals surface area contributed by atoms with E-state index in [-0.39, 0.29) is 24.6 Å². The van der Waals surface area contributed by atoms with Crippen molar-refractivity contribution in [3.63, 3.8) is 0 Å². The Morgan fingerprint density at radius 3 is 2.38 bits per heavy atom. The van der Waals surface area contributed by atoms with Gasteiger partial charge in [-0.1, -0.05) is 6.07 Å². The van der Waals surface area contributed by atoms with Crippen LogP contribution in [0.1, 0.15) is 5.56 Å². The van der Waals surface area contributed by atoms with Crippen LogP contribution in [0.5, 0.6) is 11.5 Å². The van der Waals surface area contributed by atoms with Crippen molar-refractivity contribution in [2.45, 2.75) is 13.2 Å². The third-order valence-corrected chi connectivity index (χ3v) is 4.48. The Bertz CT molecular complexity index is 682. The molecule has 0 aliphatic rings. The topological polar surface area (TPSA) is 76.2 Å². The predicted molar refractivity (Wildman–Crippen MR) is 83.6 cm³/mol. The molecule has 0 aliphatic heterocycles. The molecule has 0 aromatic heterocycles. The van der Waals surface area contributed by atoms with Crippen LogP contribution in [0.3, 0.4) is 0 Å². The Balaban J connectivity index is 2.79. The smallest absolute Gasteiger partial charge is 0.387 e. The summed E-state index contributed by atoms with van der Waals surface area (Å²) in [6.45, 7) is -3.11. The maximum Gasteiger partial charge on any atom is 0.387 e. The third-order valence-electron chi connectivity index (χ3n) is 3.21. The molecule has 0 bridgehead atoms. The molecule has 0 aliphatic carbocycles. The molecule has 0 fully saturated rings. The highest BCUT2D eigenvalue weighted by atomic mass is 32.2. The molecular formula is C14H20F2N2O5S. The maximum atomic E-state index is 12.3. The molecule has 0 N–H and O–H groups in total. The molecule has 1 rings (SSSR count). The van der Waals surface area contributed by atoms with Gasteiger partial charge in [-0.2, -0.15) is 13.1 Å². The van der Waals surface area contributed by atoms with E-state index in [9.17, 15) is 22.0 Å². The van der Waals surface area contributed by atoms with Crippen molar-refractivity contribution in [3.8, 4) is 11.5 Å². The van der Waals surface area contributed by atoms with Gasteiger partial charge in [-0.25, -0.2) is 8.42 Å². The van der Waals surface area contributed by atoms with Crippen molar-refractivity contribution in [3.05, 3.63) is 23.8 Å². The van der Waals surface area contributed by atoms with E-state index in [2.05, 4.69) is 4.74 Å². The number of benzene rings is 1. The molecule has 1 aromatic rings. The van der Waals surface area contributed by atoms with Crippen LogP contribution < -0.4 is 9.47 Å². The van der Waals surface area contributed by atoms with Crippen LogP contribution in [0.15, 0.2) is 18.2 Å². The van der Waals surface area contributed by atoms with E-state index in [1.165, 1.54) is 44.3 Å². The Morgan fingerprint density at radius 1 is 1.25 bits per heavy atom. The molecule has 24 heavy (non-hydrogen) atoms. The van der Waals surface area contributed by atoms with Gasteiger partial charge in [0.05, 0.1) is 19.9 Å². The average Bonchev–Trinajstić information content (AvgIpc) is 2.47. The number of halogens is 2. The molecule has 0 saturated carbocycles. The summed E-state index contributed by atoms with van der Waals surface area (Å²) in [7, 11) is 0.674. The van der Waals surface area contributed by atoms with Gasteiger partial charge in [0.15, 0.2) is 11.5 Å². The van der Waals surface area contributed by atoms with Gasteiger partial charge >= 0.3 is 6.61 Å². The molecule has 1 aromatic carbocycles. The second-order valence-corrected chi connectivity index (χ2v) is 7.22. The predicted octanol–water partition coefficient (Wildman–Crippen LogP) is 1.15. The monoisotopic (exact) mass is 366 g/mol. The molecule has 0 spiro atoms. The molecule has 0 unspecified atom stereocenters. The zero-order chi connectivity index (χ0) is 18.5. The third kappa shape index (κ3) is 5.93. The van der Waals surface area contributed by atoms with Gasteiger partial charge in [-0.05, 0) is 17.7 Å². The van der Waals surface area contributed by atoms with E-state index in [4.69, 9.17) is 4.74 Å². The minimum absolute atomic E-state index is 0.109. The molecular weight excluding hydrogens is 346 g/mol. The molecule has 136 valence electrons. The fraction of sp³-hybridized carbons (Fsp3) is 0.500. The molecule has 0 atom stereocenters. The molecule has 7 nitrogen and oxygen atoms in total. The van der Waals surface area contributed by atoms with Gasteiger partial charge in [0, 0.05) is 20.6 Å². The second-order valence-electron chi connectivity index (χ2n) is 5.13. The fourth-order valence-electron chi connectivity index (χ4n) is 1.79. The molecule has 0 heterocycles. The van der Waals surface area contributed by atoms with Gasteiger partial charge in [0.25, 0.3) is 0 Å². The molecule has 1 amide bonds. The zero-order valence-electron chi connectivity index (χ0n) is 13.8. The highest BCUT2D eigenvalue weighted by molar-refractivity contribution is 7.88. The number of hydrogen-bond donors (Lipinski definition) is 0. The number of nitrogens with zero attached hydrogens (tertiary/aromatic N) is 2. The first kappa shape index (κ1) is 20.1. The number of carbonyl (C=O) groups excluding carboxylic acids is 1. The summed E-state index contributed by atoms with van der Waals surface area (Å²) in [5.74, 6) is -0.404. The summed E-state index contributed by atoms with van der Waals surface area (Å²) >= 11 is 0. The minimum atomic E-state index is -3.45. The number of carbonyl (C=O) groups is 1. The number of rotatable bonds is 8. The van der Waals surface area contributed by atoms with Gasteiger partial charge in [-0.3, -0.25) is 4.79 Å². The Kier molecular flexibility index (Phi) is 6.91. The average molecular weight is 366 g/mol. The Morgan fingerprint density at radius 2 is 1.88 bits per heavy atom. The zero-order valence-corrected chi connectivity index (χ0v) is 14.6. The van der Waals surface area contributed by atoms with Gasteiger partial charge in [0.2, 0.25) is 15.9 Å². The largest absolute Gasteiger partial charge is 0.493 e. The second kappa shape index (κ2) is 8.25. The quantitative estimate of drug-likeness (QED) is 0.690. The molecule has 0 radical (unpaired) electrons. The molecule has 0 saturated heterocycles. The van der Waals surface area contributed by atoms with E-state index in [1.807, 2.05) is 0 Å². The lowest BCUT2D eigenvalue weighted by Crippen LogP contribution is -2.38. The van der Waals surface area contributed by atoms with Crippen molar-refractivity contribution in [2.75, 3.05) is 34.0 Å². The standard InChI is InChI=1S/C14H20F2N2O5S/c1-17(13(19)9-18(2)24(4,20)21)8-10-5-6-11(23-14(15)16)12(7-10)22-3/h5-7,14H,8-9H2,1-4H3. The Labute approximate surface area is 139 Å². The summed E-state index contributed by atoms with van der Waals surface area (Å²) in [6.07, 6.45) is 1.01. The first-order chi connectivity index (χ1) is 11.0. The van der Waals surface area contributed by atoms with Crippen LogP contribution in [0, 0.1) is 0 Å². The highest BCUT2D eigenvalue weighted by Gasteiger charge is 2.19. The van der Waals surface area contributed by atoms with Crippen LogP contribution in [0.25, 0.3) is 0 Å². The summed E-state index contributed by atoms with van der Waals surface area (Å²) in [4.78, 5) is 13.4. The van der Waals surface area contributed by atoms with E-state index < -0.39 is 22.5 Å². The number of alkyl halides is 2. The number of amides is 1. The fourth-order valence-corrected chi connectivity index (χ4v) is 2.14. The number of sulfonamides is 1. The lowest BCUT2D eigenvalue weighted by atomic mass is 10.2. The Hall–Kier alpha value is -1.94. The summed E-state index contributed by atoms with van der Waals surface area (Å²) in [5.41, 5.74) is 0.617. The number of ether oxygens (including phenoxy) is 2. The van der Waals surface area contributed by atoms with Crippen molar-refractivity contribution < 1.29 is 31.5 Å². The van der Waals surface area contributed by atoms with E-state index >= 15 is 0 Å². The molecule has 10 heteroatoms. The van der Waals surface area contributed by atoms with E-state index in [0.717, 1.165) is 10.6 Å². The van der Waals surface area contributed by atoms with Gasteiger partial charge < -0.3 is 14.4 Å². The number of methoxy groups -OCH3 is 1. The van der Waals surface area contributed by atoms with Crippen LogP contribution in [-0.4, -0.2) is 64.1 Å². The van der Waals surface area contributed by atoms with Crippen LogP contribution in [0.2, 0.25) is 0 Å². The highest BCUT2D eigenvalue weighted by Crippen LogP contribution is 2.29. The normalized spacial score (nSPS) is 11.7. The van der Waals surface area contributed by atoms with Gasteiger partial charge in [0.1, 0.15) is 0 Å². The van der Waals surface area contributed by atoms with Crippen LogP contribution in [0.4, 0.5) is 8.78 Å². The summed E-state index contributed by atoms with van der Waals surface area (Å²) in [5, 5.41) is 0. The lowest BCUT2D eigenvalue weighted by Gasteiger charge is -2.21. The lowest BCUT2D eigenvalue weighted by molar-refractivity contribution is -0.130. The van der Waals surface area contributed by atoms with Crippen LogP contribution in [-0.2, 0) is 21.4 Å². The van der Waals surface area contributed by atoms with E-state index in [1.54, 1.807) is 0 Å². The van der Waals surface area contributed by atoms with Crippen LogP contribution >= 0.6 is 0 Å². The van der Waals surface area contributed by atoms with Crippen molar-refractivity contribution >= 4 is 15.9 Å². The minimum Gasteiger partial charge on any atom is -0.493 e. The first-order valence-electron chi connectivity index (χ1n) is 6.81. The summed E-state index contributed by atoms with van der Waals surface area (Å²) < 4.78 is 57.5. The first-order valence-corrected chi connectivity index (χ1v) is 8.66. The summed E-state index contributed by atoms with van der Waals surface area (Å²) in [6, 6.07) is 4.31. The number of likely N-dealkylation sites (N-methyl/N-ethyl adjacent to an activating group) is 2. The van der Waals surface area contributed by atoms with E-state index in [0.29, 0.717) is 5.56 Å². The van der Waals surface area contributed by atoms with Crippen molar-refractivity contribution in [2.24, 2.45) is 0 Å².